The van der Waals surface area contributed by atoms with Gasteiger partial charge in [-0.25, -0.2) is 8.42 Å². The number of nitrogens with zero attached hydrogens (tertiary/aromatic N) is 1. The van der Waals surface area contributed by atoms with Crippen molar-refractivity contribution >= 4 is 10.0 Å². The van der Waals surface area contributed by atoms with Crippen LogP contribution in [0.15, 0.2) is 23.1 Å². The summed E-state index contributed by atoms with van der Waals surface area (Å²) >= 11 is 0. The molecule has 0 atom stereocenters. The molecule has 0 aliphatic heterocycles. The number of benzene rings is 1. The molecule has 20 heavy (non-hydrogen) atoms. The smallest absolute Gasteiger partial charge is 0.246 e. The second-order valence-corrected chi connectivity index (χ2v) is 7.11. The lowest BCUT2D eigenvalue weighted by Crippen LogP contribution is -2.35. The van der Waals surface area contributed by atoms with Crippen LogP contribution in [0.25, 0.3) is 0 Å². The Labute approximate surface area is 120 Å². The van der Waals surface area contributed by atoms with Gasteiger partial charge >= 0.3 is 0 Å². The normalized spacial score (nSPS) is 16.8. The largest absolute Gasteiger partial charge is 0.495 e. The van der Waals surface area contributed by atoms with E-state index < -0.39 is 10.0 Å². The van der Waals surface area contributed by atoms with Gasteiger partial charge in [0.1, 0.15) is 10.6 Å². The van der Waals surface area contributed by atoms with Crippen molar-refractivity contribution in [1.29, 1.82) is 0 Å². The zero-order valence-electron chi connectivity index (χ0n) is 12.0. The fraction of sp³-hybridized carbons (Fsp3) is 0.571. The summed E-state index contributed by atoms with van der Waals surface area (Å²) in [5.74, 6) is 0.368. The van der Waals surface area contributed by atoms with Gasteiger partial charge in [-0.15, -0.1) is 0 Å². The number of sulfonamides is 1. The van der Waals surface area contributed by atoms with Crippen molar-refractivity contribution in [2.24, 2.45) is 5.73 Å². The highest BCUT2D eigenvalue weighted by atomic mass is 32.2. The minimum absolute atomic E-state index is 0.0891. The molecule has 1 fully saturated rings. The number of rotatable bonds is 5. The van der Waals surface area contributed by atoms with Crippen molar-refractivity contribution < 1.29 is 13.2 Å². The number of hydrogen-bond acceptors (Lipinski definition) is 4. The summed E-state index contributed by atoms with van der Waals surface area (Å²) in [6.07, 6.45) is 4.03. The van der Waals surface area contributed by atoms with E-state index in [1.807, 2.05) is 0 Å². The Bertz CT molecular complexity index is 566. The number of nitrogens with two attached hydrogens (primary N) is 1. The van der Waals surface area contributed by atoms with Gasteiger partial charge in [0.2, 0.25) is 10.0 Å². The molecule has 2 N–H and O–H groups in total. The van der Waals surface area contributed by atoms with E-state index >= 15 is 0 Å². The lowest BCUT2D eigenvalue weighted by molar-refractivity contribution is 0.365. The minimum atomic E-state index is -3.54. The van der Waals surface area contributed by atoms with Gasteiger partial charge in [0.25, 0.3) is 0 Å². The molecule has 6 heteroatoms. The molecule has 0 aromatic heterocycles. The maximum atomic E-state index is 12.8. The average molecular weight is 298 g/mol. The second kappa shape index (κ2) is 6.11. The second-order valence-electron chi connectivity index (χ2n) is 5.15. The molecule has 0 heterocycles. The highest BCUT2D eigenvalue weighted by Crippen LogP contribution is 2.31. The van der Waals surface area contributed by atoms with Gasteiger partial charge in [-0.05, 0) is 30.5 Å². The Morgan fingerprint density at radius 2 is 2.00 bits per heavy atom. The van der Waals surface area contributed by atoms with Crippen LogP contribution in [-0.2, 0) is 16.6 Å². The highest BCUT2D eigenvalue weighted by molar-refractivity contribution is 7.89. The third-order valence-electron chi connectivity index (χ3n) is 3.96. The standard InChI is InChI=1S/C14H22N2O3S/c1-16(12-5-3-4-6-12)20(17,18)14-9-11(10-15)7-8-13(14)19-2/h7-9,12H,3-6,10,15H2,1-2H3. The Balaban J connectivity index is 2.41. The summed E-state index contributed by atoms with van der Waals surface area (Å²) in [5.41, 5.74) is 6.38. The van der Waals surface area contributed by atoms with Gasteiger partial charge < -0.3 is 10.5 Å². The van der Waals surface area contributed by atoms with Crippen molar-refractivity contribution in [3.05, 3.63) is 23.8 Å². The first-order valence-electron chi connectivity index (χ1n) is 6.85. The Morgan fingerprint density at radius 1 is 1.35 bits per heavy atom. The molecule has 1 aliphatic carbocycles. The van der Waals surface area contributed by atoms with Crippen molar-refractivity contribution in [2.75, 3.05) is 14.2 Å². The van der Waals surface area contributed by atoms with E-state index in [-0.39, 0.29) is 10.9 Å². The molecule has 0 bridgehead atoms. The van der Waals surface area contributed by atoms with E-state index in [0.29, 0.717) is 12.3 Å². The topological polar surface area (TPSA) is 72.6 Å². The van der Waals surface area contributed by atoms with Crippen LogP contribution in [0.2, 0.25) is 0 Å². The Kier molecular flexibility index (Phi) is 4.67. The third kappa shape index (κ3) is 2.82. The first kappa shape index (κ1) is 15.3. The molecule has 1 aromatic carbocycles. The van der Waals surface area contributed by atoms with Crippen LogP contribution in [-0.4, -0.2) is 32.9 Å². The van der Waals surface area contributed by atoms with Gasteiger partial charge in [0.15, 0.2) is 0 Å². The van der Waals surface area contributed by atoms with E-state index in [1.165, 1.54) is 11.4 Å². The first-order valence-corrected chi connectivity index (χ1v) is 8.29. The molecule has 0 saturated heterocycles. The van der Waals surface area contributed by atoms with Crippen LogP contribution in [0.1, 0.15) is 31.2 Å². The van der Waals surface area contributed by atoms with Gasteiger partial charge in [-0.1, -0.05) is 18.9 Å². The zero-order chi connectivity index (χ0) is 14.8. The van der Waals surface area contributed by atoms with E-state index in [9.17, 15) is 8.42 Å². The number of methoxy groups -OCH3 is 1. The van der Waals surface area contributed by atoms with Crippen LogP contribution in [0.5, 0.6) is 5.75 Å². The molecule has 0 unspecified atom stereocenters. The molecule has 0 spiro atoms. The van der Waals surface area contributed by atoms with Gasteiger partial charge in [0.05, 0.1) is 7.11 Å². The van der Waals surface area contributed by atoms with Crippen LogP contribution in [0.4, 0.5) is 0 Å². The van der Waals surface area contributed by atoms with E-state index in [4.69, 9.17) is 10.5 Å². The summed E-state index contributed by atoms with van der Waals surface area (Å²) < 4.78 is 32.2. The maximum absolute atomic E-state index is 12.8. The Morgan fingerprint density at radius 3 is 2.55 bits per heavy atom. The van der Waals surface area contributed by atoms with Crippen LogP contribution in [0.3, 0.4) is 0 Å². The maximum Gasteiger partial charge on any atom is 0.246 e. The molecular weight excluding hydrogens is 276 g/mol. The first-order chi connectivity index (χ1) is 9.50. The SMILES string of the molecule is COc1ccc(CN)cc1S(=O)(=O)N(C)C1CCCC1. The van der Waals surface area contributed by atoms with Gasteiger partial charge in [-0.3, -0.25) is 0 Å². The number of hydrogen-bond donors (Lipinski definition) is 1. The van der Waals surface area contributed by atoms with E-state index in [2.05, 4.69) is 0 Å². The molecule has 5 nitrogen and oxygen atoms in total. The average Bonchev–Trinajstić information content (AvgIpc) is 2.99. The van der Waals surface area contributed by atoms with E-state index in [1.54, 1.807) is 25.2 Å². The third-order valence-corrected chi connectivity index (χ3v) is 5.89. The predicted octanol–water partition coefficient (Wildman–Crippen LogP) is 1.72. The quantitative estimate of drug-likeness (QED) is 0.898. The Hall–Kier alpha value is -1.11. The number of ether oxygens (including phenoxy) is 1. The molecule has 2 rings (SSSR count). The van der Waals surface area contributed by atoms with Crippen molar-refractivity contribution in [2.45, 2.75) is 43.2 Å². The predicted molar refractivity (Wildman–Crippen MR) is 78.1 cm³/mol. The lowest BCUT2D eigenvalue weighted by Gasteiger charge is -2.24. The molecule has 1 saturated carbocycles. The zero-order valence-corrected chi connectivity index (χ0v) is 12.8. The van der Waals surface area contributed by atoms with Gasteiger partial charge in [-0.2, -0.15) is 4.31 Å². The minimum Gasteiger partial charge on any atom is -0.495 e. The lowest BCUT2D eigenvalue weighted by atomic mass is 10.2. The van der Waals surface area contributed by atoms with Gasteiger partial charge in [0, 0.05) is 19.6 Å². The summed E-state index contributed by atoms with van der Waals surface area (Å²) in [7, 11) is -0.414. The molecule has 0 radical (unpaired) electrons. The summed E-state index contributed by atoms with van der Waals surface area (Å²) in [6.45, 7) is 0.305. The van der Waals surface area contributed by atoms with E-state index in [0.717, 1.165) is 31.2 Å². The molecule has 0 amide bonds. The van der Waals surface area contributed by atoms with Crippen molar-refractivity contribution in [3.63, 3.8) is 0 Å². The fourth-order valence-corrected chi connectivity index (χ4v) is 4.29. The van der Waals surface area contributed by atoms with Crippen LogP contribution >= 0.6 is 0 Å². The highest BCUT2D eigenvalue weighted by Gasteiger charge is 2.32. The molecule has 112 valence electrons. The fourth-order valence-electron chi connectivity index (χ4n) is 2.67. The molecular formula is C14H22N2O3S. The summed E-state index contributed by atoms with van der Waals surface area (Å²) in [4.78, 5) is 0.206. The monoisotopic (exact) mass is 298 g/mol. The molecule has 1 aromatic rings. The van der Waals surface area contributed by atoms with Crippen molar-refractivity contribution in [3.8, 4) is 5.75 Å². The summed E-state index contributed by atoms with van der Waals surface area (Å²) in [6, 6.07) is 5.15. The molecule has 1 aliphatic rings. The summed E-state index contributed by atoms with van der Waals surface area (Å²) in [5, 5.41) is 0. The van der Waals surface area contributed by atoms with Crippen molar-refractivity contribution in [1.82, 2.24) is 4.31 Å². The van der Waals surface area contributed by atoms with Crippen LogP contribution < -0.4 is 10.5 Å². The van der Waals surface area contributed by atoms with Crippen LogP contribution in [0, 0.1) is 0 Å².